The maximum atomic E-state index is 12.7. The average Bonchev–Trinajstić information content (AvgIpc) is 2.90. The van der Waals surface area contributed by atoms with Crippen LogP contribution in [0.2, 0.25) is 0 Å². The molecule has 0 saturated heterocycles. The van der Waals surface area contributed by atoms with E-state index in [2.05, 4.69) is 17.5 Å². The molecule has 0 bridgehead atoms. The molecule has 0 aliphatic rings. The van der Waals surface area contributed by atoms with Crippen LogP contribution in [0.5, 0.6) is 11.5 Å². The number of ether oxygens (including phenoxy) is 2. The lowest BCUT2D eigenvalue weighted by Gasteiger charge is -2.11. The van der Waals surface area contributed by atoms with Gasteiger partial charge in [-0.3, -0.25) is 4.79 Å². The van der Waals surface area contributed by atoms with Gasteiger partial charge in [0, 0.05) is 11.1 Å². The van der Waals surface area contributed by atoms with Gasteiger partial charge in [0.25, 0.3) is 5.91 Å². The molecule has 0 saturated carbocycles. The first-order valence-corrected chi connectivity index (χ1v) is 11.9. The number of carbonyl (C=O) groups is 2. The van der Waals surface area contributed by atoms with Crippen LogP contribution in [0.15, 0.2) is 90.0 Å². The van der Waals surface area contributed by atoms with Crippen LogP contribution < -0.4 is 14.9 Å². The standard InChI is InChI=1S/C30H28N2O4/c1-3-4-19-35-25-16-13-23(14-17-25)29(33)32-31-20-27-26-8-6-5-7-22(26)15-18-28(27)36-30(34)24-11-9-21(2)10-12-24/h5-18,20H,3-4,19H2,1-2H3,(H,32,33)/b31-20-. The number of unbranched alkanes of at least 4 members (excludes halogenated alkanes) is 1. The Kier molecular flexibility index (Phi) is 8.08. The molecule has 4 aromatic rings. The van der Waals surface area contributed by atoms with Crippen LogP contribution in [0.3, 0.4) is 0 Å². The van der Waals surface area contributed by atoms with Crippen molar-refractivity contribution in [3.05, 3.63) is 107 Å². The van der Waals surface area contributed by atoms with Gasteiger partial charge in [-0.05, 0) is 66.6 Å². The largest absolute Gasteiger partial charge is 0.494 e. The Balaban J connectivity index is 1.51. The lowest BCUT2D eigenvalue weighted by molar-refractivity contribution is 0.0734. The molecule has 4 rings (SSSR count). The van der Waals surface area contributed by atoms with Crippen molar-refractivity contribution in [2.45, 2.75) is 26.7 Å². The summed E-state index contributed by atoms with van der Waals surface area (Å²) in [7, 11) is 0. The van der Waals surface area contributed by atoms with Gasteiger partial charge in [-0.2, -0.15) is 5.10 Å². The van der Waals surface area contributed by atoms with E-state index in [0.717, 1.165) is 34.9 Å². The molecule has 0 unspecified atom stereocenters. The molecule has 0 atom stereocenters. The zero-order valence-electron chi connectivity index (χ0n) is 20.4. The first-order valence-electron chi connectivity index (χ1n) is 11.9. The van der Waals surface area contributed by atoms with Crippen molar-refractivity contribution < 1.29 is 19.1 Å². The van der Waals surface area contributed by atoms with Crippen molar-refractivity contribution in [3.63, 3.8) is 0 Å². The maximum Gasteiger partial charge on any atom is 0.343 e. The normalized spacial score (nSPS) is 10.9. The molecule has 1 amide bonds. The molecule has 0 aliphatic heterocycles. The number of amides is 1. The van der Waals surface area contributed by atoms with Gasteiger partial charge in [-0.15, -0.1) is 0 Å². The van der Waals surface area contributed by atoms with E-state index in [9.17, 15) is 9.59 Å². The highest BCUT2D eigenvalue weighted by atomic mass is 16.5. The van der Waals surface area contributed by atoms with Gasteiger partial charge in [-0.1, -0.05) is 61.4 Å². The van der Waals surface area contributed by atoms with Crippen molar-refractivity contribution in [1.82, 2.24) is 5.43 Å². The minimum absolute atomic E-state index is 0.353. The lowest BCUT2D eigenvalue weighted by atomic mass is 10.0. The Morgan fingerprint density at radius 2 is 1.61 bits per heavy atom. The van der Waals surface area contributed by atoms with E-state index in [1.165, 1.54) is 6.21 Å². The van der Waals surface area contributed by atoms with Gasteiger partial charge < -0.3 is 9.47 Å². The number of rotatable bonds is 9. The molecule has 6 nitrogen and oxygen atoms in total. The smallest absolute Gasteiger partial charge is 0.343 e. The summed E-state index contributed by atoms with van der Waals surface area (Å²) in [6.07, 6.45) is 3.54. The van der Waals surface area contributed by atoms with E-state index < -0.39 is 5.97 Å². The summed E-state index contributed by atoms with van der Waals surface area (Å²) in [5.74, 6) is 0.250. The summed E-state index contributed by atoms with van der Waals surface area (Å²) in [6, 6.07) is 25.4. The highest BCUT2D eigenvalue weighted by molar-refractivity contribution is 6.04. The highest BCUT2D eigenvalue weighted by Gasteiger charge is 2.14. The van der Waals surface area contributed by atoms with Gasteiger partial charge in [-0.25, -0.2) is 10.2 Å². The first kappa shape index (κ1) is 24.7. The Morgan fingerprint density at radius 3 is 2.36 bits per heavy atom. The number of hydrogen-bond donors (Lipinski definition) is 1. The molecule has 0 radical (unpaired) electrons. The van der Waals surface area contributed by atoms with Gasteiger partial charge in [0.2, 0.25) is 0 Å². The van der Waals surface area contributed by atoms with E-state index in [4.69, 9.17) is 9.47 Å². The fourth-order valence-corrected chi connectivity index (χ4v) is 3.60. The monoisotopic (exact) mass is 480 g/mol. The number of hydrazone groups is 1. The van der Waals surface area contributed by atoms with Crippen LogP contribution in [0.25, 0.3) is 10.8 Å². The van der Waals surface area contributed by atoms with Gasteiger partial charge in [0.05, 0.1) is 18.4 Å². The molecule has 0 aromatic heterocycles. The third-order valence-electron chi connectivity index (χ3n) is 5.66. The maximum absolute atomic E-state index is 12.7. The quantitative estimate of drug-likeness (QED) is 0.100. The average molecular weight is 481 g/mol. The van der Waals surface area contributed by atoms with Gasteiger partial charge in [0.1, 0.15) is 11.5 Å². The molecule has 0 heterocycles. The summed E-state index contributed by atoms with van der Waals surface area (Å²) < 4.78 is 11.4. The second-order valence-electron chi connectivity index (χ2n) is 8.38. The minimum Gasteiger partial charge on any atom is -0.494 e. The van der Waals surface area contributed by atoms with E-state index in [0.29, 0.717) is 29.0 Å². The Morgan fingerprint density at radius 1 is 0.889 bits per heavy atom. The number of benzene rings is 4. The molecule has 0 fully saturated rings. The van der Waals surface area contributed by atoms with Gasteiger partial charge in [0.15, 0.2) is 0 Å². The summed E-state index contributed by atoms with van der Waals surface area (Å²) in [5.41, 5.74) is 5.11. The van der Waals surface area contributed by atoms with E-state index >= 15 is 0 Å². The van der Waals surface area contributed by atoms with Crippen LogP contribution in [0, 0.1) is 6.92 Å². The second-order valence-corrected chi connectivity index (χ2v) is 8.38. The van der Waals surface area contributed by atoms with Gasteiger partial charge >= 0.3 is 5.97 Å². The van der Waals surface area contributed by atoms with Crippen molar-refractivity contribution in [2.24, 2.45) is 5.10 Å². The molecular weight excluding hydrogens is 452 g/mol. The molecule has 36 heavy (non-hydrogen) atoms. The number of carbonyl (C=O) groups excluding carboxylic acids is 2. The predicted octanol–water partition coefficient (Wildman–Crippen LogP) is 6.31. The van der Waals surface area contributed by atoms with E-state index in [1.54, 1.807) is 42.5 Å². The van der Waals surface area contributed by atoms with Crippen LogP contribution in [0.4, 0.5) is 0 Å². The number of esters is 1. The Hall–Kier alpha value is -4.45. The van der Waals surface area contributed by atoms with Crippen molar-refractivity contribution in [1.29, 1.82) is 0 Å². The third-order valence-corrected chi connectivity index (χ3v) is 5.66. The fourth-order valence-electron chi connectivity index (χ4n) is 3.60. The van der Waals surface area contributed by atoms with Crippen LogP contribution >= 0.6 is 0 Å². The van der Waals surface area contributed by atoms with E-state index in [-0.39, 0.29) is 5.91 Å². The lowest BCUT2D eigenvalue weighted by Crippen LogP contribution is -2.17. The topological polar surface area (TPSA) is 77.0 Å². The molecule has 0 aliphatic carbocycles. The van der Waals surface area contributed by atoms with Crippen LogP contribution in [-0.2, 0) is 0 Å². The van der Waals surface area contributed by atoms with Crippen molar-refractivity contribution in [2.75, 3.05) is 6.61 Å². The zero-order valence-corrected chi connectivity index (χ0v) is 20.4. The number of aryl methyl sites for hydroxylation is 1. The summed E-state index contributed by atoms with van der Waals surface area (Å²) in [4.78, 5) is 25.3. The molecule has 1 N–H and O–H groups in total. The highest BCUT2D eigenvalue weighted by Crippen LogP contribution is 2.27. The number of nitrogens with zero attached hydrogens (tertiary/aromatic N) is 1. The summed E-state index contributed by atoms with van der Waals surface area (Å²) >= 11 is 0. The first-order chi connectivity index (χ1) is 17.5. The van der Waals surface area contributed by atoms with Crippen molar-refractivity contribution >= 4 is 28.9 Å². The second kappa shape index (κ2) is 11.8. The SMILES string of the molecule is CCCCOc1ccc(C(=O)N/N=C\c2c(OC(=O)c3ccc(C)cc3)ccc3ccccc23)cc1. The predicted molar refractivity (Wildman–Crippen MR) is 142 cm³/mol. The number of nitrogens with one attached hydrogen (secondary N) is 1. The molecule has 6 heteroatoms. The minimum atomic E-state index is -0.467. The zero-order chi connectivity index (χ0) is 25.3. The Labute approximate surface area is 210 Å². The number of fused-ring (bicyclic) bond motifs is 1. The van der Waals surface area contributed by atoms with Crippen molar-refractivity contribution in [3.8, 4) is 11.5 Å². The Bertz CT molecular complexity index is 1380. The summed E-state index contributed by atoms with van der Waals surface area (Å²) in [6.45, 7) is 4.71. The molecule has 4 aromatic carbocycles. The van der Waals surface area contributed by atoms with E-state index in [1.807, 2.05) is 49.4 Å². The number of hydrogen-bond acceptors (Lipinski definition) is 5. The molecule has 0 spiro atoms. The third kappa shape index (κ3) is 6.16. The summed E-state index contributed by atoms with van der Waals surface area (Å²) in [5, 5.41) is 5.96. The fraction of sp³-hybridized carbons (Fsp3) is 0.167. The van der Waals surface area contributed by atoms with Crippen LogP contribution in [0.1, 0.15) is 51.6 Å². The molecule has 182 valence electrons. The molecular formula is C30H28N2O4. The van der Waals surface area contributed by atoms with Crippen LogP contribution in [-0.4, -0.2) is 24.7 Å².